The van der Waals surface area contributed by atoms with E-state index in [4.69, 9.17) is 0 Å². The average molecular weight is 351 g/mol. The molecule has 0 aromatic heterocycles. The maximum Gasteiger partial charge on any atom is 0.482 e. The Labute approximate surface area is 126 Å². The van der Waals surface area contributed by atoms with Gasteiger partial charge in [-0.05, 0) is 30.7 Å². The molecule has 0 saturated carbocycles. The molecule has 0 aliphatic heterocycles. The van der Waals surface area contributed by atoms with Gasteiger partial charge in [-0.25, -0.2) is 0 Å². The number of alkyl halides is 8. The maximum atomic E-state index is 12.4. The fraction of sp³-hybridized carbons (Fsp3) is 0.538. The standard InChI is InChI=1S/C13H13F8NO/c14-11(15,16)10-4-2-9(3-5-10)8-22-6-1-7-23-13(20,21)12(17,18)19/h2-5,22H,1,6-8H2. The Morgan fingerprint density at radius 1 is 0.870 bits per heavy atom. The van der Waals surface area contributed by atoms with Gasteiger partial charge in [0.1, 0.15) is 0 Å². The van der Waals surface area contributed by atoms with Gasteiger partial charge in [-0.15, -0.1) is 0 Å². The van der Waals surface area contributed by atoms with Crippen LogP contribution in [0.4, 0.5) is 35.1 Å². The number of nitrogens with one attached hydrogen (secondary N) is 1. The highest BCUT2D eigenvalue weighted by molar-refractivity contribution is 5.24. The monoisotopic (exact) mass is 351 g/mol. The SMILES string of the molecule is FC(F)(F)c1ccc(CNCCCOC(F)(F)C(F)(F)F)cc1. The van der Waals surface area contributed by atoms with Crippen molar-refractivity contribution in [2.75, 3.05) is 13.2 Å². The van der Waals surface area contributed by atoms with Crippen LogP contribution in [0.15, 0.2) is 24.3 Å². The Kier molecular flexibility index (Phi) is 6.34. The molecule has 0 atom stereocenters. The number of ether oxygens (including phenoxy) is 1. The van der Waals surface area contributed by atoms with Crippen LogP contribution in [-0.2, 0) is 17.5 Å². The molecule has 0 bridgehead atoms. The van der Waals surface area contributed by atoms with E-state index in [1.165, 1.54) is 12.1 Å². The van der Waals surface area contributed by atoms with E-state index >= 15 is 0 Å². The topological polar surface area (TPSA) is 21.3 Å². The van der Waals surface area contributed by atoms with Crippen molar-refractivity contribution < 1.29 is 39.9 Å². The van der Waals surface area contributed by atoms with Gasteiger partial charge in [0.05, 0.1) is 12.2 Å². The highest BCUT2D eigenvalue weighted by Crippen LogP contribution is 2.36. The normalized spacial score (nSPS) is 13.4. The van der Waals surface area contributed by atoms with Gasteiger partial charge in [0.15, 0.2) is 0 Å². The van der Waals surface area contributed by atoms with Gasteiger partial charge >= 0.3 is 18.5 Å². The first-order valence-electron chi connectivity index (χ1n) is 6.39. The molecule has 0 saturated heterocycles. The number of benzene rings is 1. The molecule has 0 spiro atoms. The Bertz CT molecular complexity index is 480. The van der Waals surface area contributed by atoms with Gasteiger partial charge in [-0.1, -0.05) is 12.1 Å². The van der Waals surface area contributed by atoms with Crippen LogP contribution < -0.4 is 5.32 Å². The molecule has 0 aliphatic carbocycles. The molecule has 1 aromatic carbocycles. The third kappa shape index (κ3) is 6.30. The lowest BCUT2D eigenvalue weighted by Gasteiger charge is -2.19. The van der Waals surface area contributed by atoms with E-state index in [1.807, 2.05) is 0 Å². The van der Waals surface area contributed by atoms with Crippen molar-refractivity contribution in [3.8, 4) is 0 Å². The molecule has 1 rings (SSSR count). The minimum Gasteiger partial charge on any atom is -0.313 e. The Hall–Kier alpha value is -1.42. The highest BCUT2D eigenvalue weighted by Gasteiger charge is 2.59. The summed E-state index contributed by atoms with van der Waals surface area (Å²) in [4.78, 5) is 0. The van der Waals surface area contributed by atoms with E-state index in [-0.39, 0.29) is 19.5 Å². The molecule has 0 heterocycles. The molecule has 0 unspecified atom stereocenters. The van der Waals surface area contributed by atoms with Crippen molar-refractivity contribution in [1.29, 1.82) is 0 Å². The summed E-state index contributed by atoms with van der Waals surface area (Å²) >= 11 is 0. The molecule has 1 aromatic rings. The largest absolute Gasteiger partial charge is 0.482 e. The van der Waals surface area contributed by atoms with Gasteiger partial charge in [0.2, 0.25) is 0 Å². The first-order chi connectivity index (χ1) is 10.4. The lowest BCUT2D eigenvalue weighted by molar-refractivity contribution is -0.391. The Balaban J connectivity index is 2.26. The molecule has 0 aliphatic rings. The van der Waals surface area contributed by atoms with Crippen LogP contribution in [0.25, 0.3) is 0 Å². The van der Waals surface area contributed by atoms with E-state index in [1.54, 1.807) is 0 Å². The second-order valence-corrected chi connectivity index (χ2v) is 4.59. The van der Waals surface area contributed by atoms with Crippen LogP contribution in [0, 0.1) is 0 Å². The van der Waals surface area contributed by atoms with Crippen LogP contribution in [0.5, 0.6) is 0 Å². The Morgan fingerprint density at radius 3 is 1.91 bits per heavy atom. The van der Waals surface area contributed by atoms with Gasteiger partial charge < -0.3 is 10.1 Å². The summed E-state index contributed by atoms with van der Waals surface area (Å²) in [5.74, 6) is 0. The first-order valence-corrected chi connectivity index (χ1v) is 6.39. The van der Waals surface area contributed by atoms with Gasteiger partial charge in [0.25, 0.3) is 0 Å². The van der Waals surface area contributed by atoms with E-state index in [0.29, 0.717) is 5.56 Å². The zero-order valence-electron chi connectivity index (χ0n) is 11.6. The van der Waals surface area contributed by atoms with E-state index in [2.05, 4.69) is 10.1 Å². The smallest absolute Gasteiger partial charge is 0.313 e. The molecule has 0 amide bonds. The number of halogens is 8. The number of hydrogen-bond donors (Lipinski definition) is 1. The zero-order valence-corrected chi connectivity index (χ0v) is 11.6. The summed E-state index contributed by atoms with van der Waals surface area (Å²) in [6.45, 7) is -0.602. The van der Waals surface area contributed by atoms with Gasteiger partial charge in [-0.2, -0.15) is 35.1 Å². The second-order valence-electron chi connectivity index (χ2n) is 4.59. The van der Waals surface area contributed by atoms with Crippen LogP contribution in [0.2, 0.25) is 0 Å². The maximum absolute atomic E-state index is 12.4. The summed E-state index contributed by atoms with van der Waals surface area (Å²) in [6.07, 6.45) is -15.5. The van der Waals surface area contributed by atoms with Crippen LogP contribution in [0.3, 0.4) is 0 Å². The molecule has 0 fully saturated rings. The number of hydrogen-bond acceptors (Lipinski definition) is 2. The van der Waals surface area contributed by atoms with Crippen LogP contribution in [-0.4, -0.2) is 25.4 Å². The van der Waals surface area contributed by atoms with Crippen LogP contribution >= 0.6 is 0 Å². The van der Waals surface area contributed by atoms with Crippen molar-refractivity contribution in [2.24, 2.45) is 0 Å². The molecule has 1 N–H and O–H groups in total. The molecule has 10 heteroatoms. The molecule has 132 valence electrons. The highest BCUT2D eigenvalue weighted by atomic mass is 19.4. The lowest BCUT2D eigenvalue weighted by atomic mass is 10.1. The molecule has 2 nitrogen and oxygen atoms in total. The fourth-order valence-electron chi connectivity index (χ4n) is 1.52. The second kappa shape index (κ2) is 7.43. The van der Waals surface area contributed by atoms with Gasteiger partial charge in [0, 0.05) is 6.54 Å². The summed E-state index contributed by atoms with van der Waals surface area (Å²) in [5, 5.41) is 2.70. The molecular weight excluding hydrogens is 338 g/mol. The third-order valence-electron chi connectivity index (χ3n) is 2.72. The zero-order chi connectivity index (χ0) is 17.7. The average Bonchev–Trinajstić information content (AvgIpc) is 2.41. The van der Waals surface area contributed by atoms with E-state index < -0.39 is 30.6 Å². The summed E-state index contributed by atoms with van der Waals surface area (Å²) < 4.78 is 101. The van der Waals surface area contributed by atoms with Crippen molar-refractivity contribution in [2.45, 2.75) is 31.4 Å². The van der Waals surface area contributed by atoms with Gasteiger partial charge in [-0.3, -0.25) is 0 Å². The molecule has 0 radical (unpaired) electrons. The fourth-order valence-corrected chi connectivity index (χ4v) is 1.52. The third-order valence-corrected chi connectivity index (χ3v) is 2.72. The van der Waals surface area contributed by atoms with Crippen molar-refractivity contribution in [3.63, 3.8) is 0 Å². The Morgan fingerprint density at radius 2 is 1.43 bits per heavy atom. The minimum atomic E-state index is -5.76. The molecular formula is C13H13F8NO. The number of rotatable bonds is 7. The lowest BCUT2D eigenvalue weighted by Crippen LogP contribution is -2.39. The van der Waals surface area contributed by atoms with Crippen LogP contribution in [0.1, 0.15) is 17.5 Å². The first kappa shape index (κ1) is 19.6. The van der Waals surface area contributed by atoms with Crippen molar-refractivity contribution >= 4 is 0 Å². The quantitative estimate of drug-likeness (QED) is 0.582. The van der Waals surface area contributed by atoms with Crippen molar-refractivity contribution in [1.82, 2.24) is 5.32 Å². The molecule has 23 heavy (non-hydrogen) atoms. The van der Waals surface area contributed by atoms with E-state index in [0.717, 1.165) is 12.1 Å². The summed E-state index contributed by atoms with van der Waals surface area (Å²) in [5.41, 5.74) is -0.288. The predicted octanol–water partition coefficient (Wildman–Crippen LogP) is 4.36. The minimum absolute atomic E-state index is 0.0644. The van der Waals surface area contributed by atoms with Crippen molar-refractivity contribution in [3.05, 3.63) is 35.4 Å². The summed E-state index contributed by atoms with van der Waals surface area (Å²) in [6, 6.07) is 4.27. The van der Waals surface area contributed by atoms with E-state index in [9.17, 15) is 35.1 Å². The summed E-state index contributed by atoms with van der Waals surface area (Å²) in [7, 11) is 0. The predicted molar refractivity (Wildman–Crippen MR) is 64.7 cm³/mol.